The molecule has 2 aromatic rings. The van der Waals surface area contributed by atoms with Crippen molar-refractivity contribution in [1.29, 1.82) is 0 Å². The molecule has 0 saturated heterocycles. The van der Waals surface area contributed by atoms with Gasteiger partial charge in [-0.3, -0.25) is 0 Å². The van der Waals surface area contributed by atoms with Crippen LogP contribution in [0.4, 0.5) is 0 Å². The van der Waals surface area contributed by atoms with Crippen LogP contribution < -0.4 is 5.32 Å². The van der Waals surface area contributed by atoms with Crippen molar-refractivity contribution in [3.05, 3.63) is 66.7 Å². The number of hydrogen-bond acceptors (Lipinski definition) is 1. The first-order valence-electron chi connectivity index (χ1n) is 7.34. The van der Waals surface area contributed by atoms with E-state index >= 15 is 0 Å². The van der Waals surface area contributed by atoms with E-state index in [1.807, 2.05) is 7.05 Å². The molecule has 21 heavy (non-hydrogen) atoms. The summed E-state index contributed by atoms with van der Waals surface area (Å²) in [6, 6.07) is 13.6. The lowest BCUT2D eigenvalue weighted by Crippen LogP contribution is -2.20. The maximum absolute atomic E-state index is 3.60. The monoisotopic (exact) mass is 457 g/mol. The third-order valence-electron chi connectivity index (χ3n) is 3.87. The van der Waals surface area contributed by atoms with Crippen LogP contribution in [0.5, 0.6) is 0 Å². The molecule has 0 bridgehead atoms. The van der Waals surface area contributed by atoms with E-state index in [-0.39, 0.29) is 6.04 Å². The van der Waals surface area contributed by atoms with E-state index in [1.165, 1.54) is 25.8 Å². The minimum atomic E-state index is 0.232. The van der Waals surface area contributed by atoms with Crippen LogP contribution in [0.2, 0.25) is 0 Å². The zero-order valence-corrected chi connectivity index (χ0v) is 16.5. The fourth-order valence-electron chi connectivity index (χ4n) is 2.67. The summed E-state index contributed by atoms with van der Waals surface area (Å²) in [4.78, 5) is 0. The van der Waals surface area contributed by atoms with E-state index in [0.717, 1.165) is 17.3 Å². The lowest BCUT2D eigenvalue weighted by Gasteiger charge is -2.22. The van der Waals surface area contributed by atoms with E-state index in [0.29, 0.717) is 0 Å². The van der Waals surface area contributed by atoms with Crippen LogP contribution in [0, 0.1) is 3.57 Å². The molecular weight excluding hydrogens is 437 g/mol. The van der Waals surface area contributed by atoms with Gasteiger partial charge in [0.05, 0.1) is 6.04 Å². The first kappa shape index (κ1) is 17.0. The molecule has 0 radical (unpaired) electrons. The van der Waals surface area contributed by atoms with E-state index in [2.05, 4.69) is 94.1 Å². The van der Waals surface area contributed by atoms with Crippen LogP contribution in [0.1, 0.15) is 42.1 Å². The number of aryl methyl sites for hydroxylation is 2. The van der Waals surface area contributed by atoms with Crippen molar-refractivity contribution < 1.29 is 0 Å². The molecular formula is C18H21BrIN. The third kappa shape index (κ3) is 3.88. The van der Waals surface area contributed by atoms with Gasteiger partial charge in [0, 0.05) is 8.04 Å². The molecule has 0 heterocycles. The fourth-order valence-corrected chi connectivity index (χ4v) is 3.70. The lowest BCUT2D eigenvalue weighted by molar-refractivity contribution is 0.679. The summed E-state index contributed by atoms with van der Waals surface area (Å²) < 4.78 is 2.42. The number of benzene rings is 2. The number of nitrogens with one attached hydrogen (secondary N) is 1. The lowest BCUT2D eigenvalue weighted by atomic mass is 9.91. The van der Waals surface area contributed by atoms with E-state index < -0.39 is 0 Å². The first-order valence-corrected chi connectivity index (χ1v) is 9.21. The van der Waals surface area contributed by atoms with Crippen LogP contribution in [-0.2, 0) is 12.8 Å². The molecule has 0 saturated carbocycles. The molecule has 0 aliphatic rings. The zero-order valence-electron chi connectivity index (χ0n) is 12.7. The van der Waals surface area contributed by atoms with Crippen LogP contribution in [0.25, 0.3) is 0 Å². The average molecular weight is 458 g/mol. The van der Waals surface area contributed by atoms with Crippen molar-refractivity contribution in [3.8, 4) is 0 Å². The minimum Gasteiger partial charge on any atom is -0.309 e. The molecule has 3 heteroatoms. The Morgan fingerprint density at radius 1 is 1.05 bits per heavy atom. The first-order chi connectivity index (χ1) is 10.1. The van der Waals surface area contributed by atoms with Gasteiger partial charge in [0.25, 0.3) is 0 Å². The zero-order chi connectivity index (χ0) is 15.4. The molecule has 1 nitrogen and oxygen atoms in total. The molecule has 0 amide bonds. The van der Waals surface area contributed by atoms with Crippen molar-refractivity contribution in [1.82, 2.24) is 5.32 Å². The Bertz CT molecular complexity index is 625. The Balaban J connectivity index is 2.57. The van der Waals surface area contributed by atoms with Crippen molar-refractivity contribution >= 4 is 38.5 Å². The standard InChI is InChI=1S/C18H21BrIN/c1-4-12-6-7-13(5-2)15(10-12)18(21-3)16-11-14(19)8-9-17(16)20/h6-11,18,21H,4-5H2,1-3H3. The Morgan fingerprint density at radius 2 is 1.81 bits per heavy atom. The molecule has 0 aromatic heterocycles. The quantitative estimate of drug-likeness (QED) is 0.585. The van der Waals surface area contributed by atoms with Crippen LogP contribution in [0.3, 0.4) is 0 Å². The molecule has 2 rings (SSSR count). The van der Waals surface area contributed by atoms with Gasteiger partial charge in [-0.1, -0.05) is 48.0 Å². The summed E-state index contributed by atoms with van der Waals surface area (Å²) in [5, 5.41) is 3.50. The van der Waals surface area contributed by atoms with Gasteiger partial charge < -0.3 is 5.32 Å². The van der Waals surface area contributed by atoms with Crippen molar-refractivity contribution in [2.24, 2.45) is 0 Å². The molecule has 2 aromatic carbocycles. The van der Waals surface area contributed by atoms with Gasteiger partial charge in [-0.2, -0.15) is 0 Å². The number of rotatable bonds is 5. The van der Waals surface area contributed by atoms with Gasteiger partial charge in [0.2, 0.25) is 0 Å². The summed E-state index contributed by atoms with van der Waals surface area (Å²) in [7, 11) is 2.04. The van der Waals surface area contributed by atoms with E-state index in [1.54, 1.807) is 0 Å². The Kier molecular flexibility index (Phi) is 6.26. The predicted octanol–water partition coefficient (Wildman–Crippen LogP) is 5.49. The largest absolute Gasteiger partial charge is 0.309 e. The van der Waals surface area contributed by atoms with Crippen LogP contribution in [-0.4, -0.2) is 7.05 Å². The van der Waals surface area contributed by atoms with Crippen LogP contribution >= 0.6 is 38.5 Å². The van der Waals surface area contributed by atoms with E-state index in [9.17, 15) is 0 Å². The smallest absolute Gasteiger partial charge is 0.0587 e. The predicted molar refractivity (Wildman–Crippen MR) is 103 cm³/mol. The summed E-state index contributed by atoms with van der Waals surface area (Å²) in [5.74, 6) is 0. The van der Waals surface area contributed by atoms with Crippen molar-refractivity contribution in [2.75, 3.05) is 7.05 Å². The maximum atomic E-state index is 3.60. The summed E-state index contributed by atoms with van der Waals surface area (Å²) in [6.45, 7) is 4.44. The fraction of sp³-hybridized carbons (Fsp3) is 0.333. The molecule has 1 atom stereocenters. The van der Waals surface area contributed by atoms with Gasteiger partial charge in [-0.25, -0.2) is 0 Å². The molecule has 112 valence electrons. The Hall–Kier alpha value is -0.390. The molecule has 0 spiro atoms. The second-order valence-corrected chi connectivity index (χ2v) is 7.21. The van der Waals surface area contributed by atoms with Gasteiger partial charge in [0.15, 0.2) is 0 Å². The summed E-state index contributed by atoms with van der Waals surface area (Å²) in [6.07, 6.45) is 2.13. The Labute approximate surface area is 149 Å². The second kappa shape index (κ2) is 7.75. The maximum Gasteiger partial charge on any atom is 0.0587 e. The second-order valence-electron chi connectivity index (χ2n) is 5.13. The highest BCUT2D eigenvalue weighted by molar-refractivity contribution is 14.1. The minimum absolute atomic E-state index is 0.232. The average Bonchev–Trinajstić information content (AvgIpc) is 2.51. The van der Waals surface area contributed by atoms with Crippen LogP contribution in [0.15, 0.2) is 40.9 Å². The van der Waals surface area contributed by atoms with Gasteiger partial charge in [0.1, 0.15) is 0 Å². The van der Waals surface area contributed by atoms with Crippen molar-refractivity contribution in [3.63, 3.8) is 0 Å². The molecule has 0 aliphatic carbocycles. The highest BCUT2D eigenvalue weighted by atomic mass is 127. The van der Waals surface area contributed by atoms with E-state index in [4.69, 9.17) is 0 Å². The highest BCUT2D eigenvalue weighted by Crippen LogP contribution is 2.31. The molecule has 0 aliphatic heterocycles. The van der Waals surface area contributed by atoms with Gasteiger partial charge >= 0.3 is 0 Å². The van der Waals surface area contributed by atoms with Gasteiger partial charge in [-0.15, -0.1) is 0 Å². The molecule has 1 unspecified atom stereocenters. The summed E-state index contributed by atoms with van der Waals surface area (Å²) >= 11 is 6.02. The highest BCUT2D eigenvalue weighted by Gasteiger charge is 2.18. The summed E-state index contributed by atoms with van der Waals surface area (Å²) in [5.41, 5.74) is 5.54. The normalized spacial score (nSPS) is 12.4. The van der Waals surface area contributed by atoms with Crippen molar-refractivity contribution in [2.45, 2.75) is 32.7 Å². The third-order valence-corrected chi connectivity index (χ3v) is 5.34. The molecule has 1 N–H and O–H groups in total. The number of halogens is 2. The number of hydrogen-bond donors (Lipinski definition) is 1. The Morgan fingerprint density at radius 3 is 2.43 bits per heavy atom. The topological polar surface area (TPSA) is 12.0 Å². The molecule has 0 fully saturated rings. The SMILES string of the molecule is CCc1ccc(CC)c(C(NC)c2cc(Br)ccc2I)c1. The van der Waals surface area contributed by atoms with Gasteiger partial charge in [-0.05, 0) is 82.9 Å².